The lowest BCUT2D eigenvalue weighted by Crippen LogP contribution is -2.41. The zero-order valence-electron chi connectivity index (χ0n) is 20.0. The first kappa shape index (κ1) is 25.2. The Morgan fingerprint density at radius 1 is 0.771 bits per heavy atom. The fourth-order valence-corrected chi connectivity index (χ4v) is 6.19. The summed E-state index contributed by atoms with van der Waals surface area (Å²) in [6.45, 7) is 2.25. The van der Waals surface area contributed by atoms with Crippen LogP contribution in [0.2, 0.25) is 0 Å². The van der Waals surface area contributed by atoms with Gasteiger partial charge in [-0.1, -0.05) is 43.2 Å². The summed E-state index contributed by atoms with van der Waals surface area (Å²) in [6.07, 6.45) is 5.39. The molecule has 2 aliphatic rings. The molecule has 0 atom stereocenters. The maximum Gasteiger partial charge on any atom is 0.321 e. The van der Waals surface area contributed by atoms with Crippen molar-refractivity contribution in [3.05, 3.63) is 60.2 Å². The Morgan fingerprint density at radius 2 is 1.34 bits per heavy atom. The lowest BCUT2D eigenvalue weighted by Gasteiger charge is -2.30. The van der Waals surface area contributed by atoms with Gasteiger partial charge in [0.25, 0.3) is 0 Å². The minimum absolute atomic E-state index is 0.0225. The minimum atomic E-state index is -3.41. The van der Waals surface area contributed by atoms with Crippen LogP contribution in [0.4, 0.5) is 16.2 Å². The molecule has 35 heavy (non-hydrogen) atoms. The summed E-state index contributed by atoms with van der Waals surface area (Å²) in [7, 11) is -3.41. The zero-order chi connectivity index (χ0) is 24.7. The lowest BCUT2D eigenvalue weighted by molar-refractivity contribution is -0.120. The van der Waals surface area contributed by atoms with Gasteiger partial charge in [-0.2, -0.15) is 0 Å². The number of anilines is 2. The molecule has 2 aromatic rings. The number of hydrogen-bond acceptors (Lipinski definition) is 4. The van der Waals surface area contributed by atoms with E-state index in [0.29, 0.717) is 37.3 Å². The summed E-state index contributed by atoms with van der Waals surface area (Å²) in [6, 6.07) is 16.2. The van der Waals surface area contributed by atoms with Gasteiger partial charge in [0, 0.05) is 43.5 Å². The van der Waals surface area contributed by atoms with Crippen molar-refractivity contribution in [3.8, 4) is 0 Å². The summed E-state index contributed by atoms with van der Waals surface area (Å²) in [5.74, 6) is -0.363. The summed E-state index contributed by atoms with van der Waals surface area (Å²) < 4.78 is 27.0. The van der Waals surface area contributed by atoms with E-state index in [1.165, 1.54) is 17.1 Å². The van der Waals surface area contributed by atoms with Crippen molar-refractivity contribution in [1.82, 2.24) is 9.21 Å². The Hall–Kier alpha value is -2.91. The largest absolute Gasteiger partial charge is 0.326 e. The van der Waals surface area contributed by atoms with Gasteiger partial charge in [0.1, 0.15) is 0 Å². The number of benzene rings is 2. The first-order chi connectivity index (χ1) is 16.9. The quantitative estimate of drug-likeness (QED) is 0.621. The van der Waals surface area contributed by atoms with Crippen LogP contribution in [-0.4, -0.2) is 55.7 Å². The van der Waals surface area contributed by atoms with Crippen molar-refractivity contribution in [1.29, 1.82) is 0 Å². The molecule has 2 N–H and O–H groups in total. The van der Waals surface area contributed by atoms with Gasteiger partial charge in [0.05, 0.1) is 5.75 Å². The zero-order valence-corrected chi connectivity index (χ0v) is 20.8. The number of nitrogens with one attached hydrogen (secondary N) is 2. The highest BCUT2D eigenvalue weighted by molar-refractivity contribution is 7.88. The molecule has 2 saturated heterocycles. The third-order valence-corrected chi connectivity index (χ3v) is 8.56. The average Bonchev–Trinajstić information content (AvgIpc) is 3.15. The van der Waals surface area contributed by atoms with E-state index in [9.17, 15) is 18.0 Å². The van der Waals surface area contributed by atoms with E-state index in [4.69, 9.17) is 0 Å². The number of amides is 3. The van der Waals surface area contributed by atoms with Crippen LogP contribution in [0.1, 0.15) is 44.1 Å². The highest BCUT2D eigenvalue weighted by Crippen LogP contribution is 2.24. The summed E-state index contributed by atoms with van der Waals surface area (Å²) in [5, 5.41) is 5.86. The maximum absolute atomic E-state index is 12.8. The van der Waals surface area contributed by atoms with E-state index in [1.54, 1.807) is 24.3 Å². The molecule has 188 valence electrons. The van der Waals surface area contributed by atoms with Crippen LogP contribution in [0, 0.1) is 5.92 Å². The first-order valence-electron chi connectivity index (χ1n) is 12.4. The second-order valence-corrected chi connectivity index (χ2v) is 11.3. The number of likely N-dealkylation sites (tertiary alicyclic amines) is 1. The Balaban J connectivity index is 1.24. The van der Waals surface area contributed by atoms with Gasteiger partial charge in [-0.25, -0.2) is 17.5 Å². The number of carbonyl (C=O) groups excluding carboxylic acids is 2. The summed E-state index contributed by atoms with van der Waals surface area (Å²) in [5.41, 5.74) is 2.11. The van der Waals surface area contributed by atoms with Gasteiger partial charge in [-0.15, -0.1) is 0 Å². The lowest BCUT2D eigenvalue weighted by atomic mass is 9.97. The third-order valence-electron chi connectivity index (χ3n) is 6.71. The van der Waals surface area contributed by atoms with Crippen LogP contribution in [0.15, 0.2) is 54.6 Å². The normalized spacial score (nSPS) is 18.0. The molecule has 0 aliphatic carbocycles. The SMILES string of the molecule is O=C(Nc1ccc(NC(=O)N2CCCCCC2)cc1)C1CCN(S(=O)(=O)Cc2ccccc2)CC1. The molecule has 2 aliphatic heterocycles. The molecule has 2 fully saturated rings. The number of carbonyl (C=O) groups is 2. The standard InChI is InChI=1S/C26H34N4O4S/c31-25(22-14-18-30(19-15-22)35(33,34)20-21-8-4-3-5-9-21)27-23-10-12-24(13-11-23)28-26(32)29-16-6-1-2-7-17-29/h3-5,8-13,22H,1-2,6-7,14-20H2,(H,27,31)(H,28,32). The first-order valence-corrected chi connectivity index (χ1v) is 14.0. The molecule has 4 rings (SSSR count). The van der Waals surface area contributed by atoms with Crippen LogP contribution in [0.5, 0.6) is 0 Å². The van der Waals surface area contributed by atoms with Crippen LogP contribution in [-0.2, 0) is 20.6 Å². The summed E-state index contributed by atoms with van der Waals surface area (Å²) in [4.78, 5) is 27.1. The smallest absolute Gasteiger partial charge is 0.321 e. The Morgan fingerprint density at radius 3 is 1.94 bits per heavy atom. The highest BCUT2D eigenvalue weighted by Gasteiger charge is 2.31. The van der Waals surface area contributed by atoms with Crippen molar-refractivity contribution >= 4 is 33.3 Å². The number of urea groups is 1. The average molecular weight is 499 g/mol. The molecular formula is C26H34N4O4S. The van der Waals surface area contributed by atoms with Gasteiger partial charge >= 0.3 is 6.03 Å². The van der Waals surface area contributed by atoms with Crippen LogP contribution < -0.4 is 10.6 Å². The van der Waals surface area contributed by atoms with Gasteiger partial charge in [0.15, 0.2) is 0 Å². The van der Waals surface area contributed by atoms with Crippen LogP contribution in [0.3, 0.4) is 0 Å². The van der Waals surface area contributed by atoms with Crippen molar-refractivity contribution in [3.63, 3.8) is 0 Å². The number of piperidine rings is 1. The van der Waals surface area contributed by atoms with Crippen LogP contribution in [0.25, 0.3) is 0 Å². The number of hydrogen-bond donors (Lipinski definition) is 2. The monoisotopic (exact) mass is 498 g/mol. The molecule has 2 aromatic carbocycles. The minimum Gasteiger partial charge on any atom is -0.326 e. The highest BCUT2D eigenvalue weighted by atomic mass is 32.2. The number of sulfonamides is 1. The second kappa shape index (κ2) is 11.7. The van der Waals surface area contributed by atoms with E-state index >= 15 is 0 Å². The van der Waals surface area contributed by atoms with Crippen molar-refractivity contribution in [2.75, 3.05) is 36.8 Å². The van der Waals surface area contributed by atoms with E-state index in [-0.39, 0.29) is 23.6 Å². The predicted molar refractivity (Wildman–Crippen MR) is 137 cm³/mol. The Kier molecular flexibility index (Phi) is 8.41. The van der Waals surface area contributed by atoms with Gasteiger partial charge < -0.3 is 15.5 Å². The third kappa shape index (κ3) is 7.05. The molecule has 9 heteroatoms. The van der Waals surface area contributed by atoms with Gasteiger partial charge in [-0.05, 0) is 55.5 Å². The molecule has 0 unspecified atom stereocenters. The molecule has 8 nitrogen and oxygen atoms in total. The fourth-order valence-electron chi connectivity index (χ4n) is 4.63. The molecule has 0 bridgehead atoms. The van der Waals surface area contributed by atoms with Crippen LogP contribution >= 0.6 is 0 Å². The van der Waals surface area contributed by atoms with Crippen molar-refractivity contribution in [2.45, 2.75) is 44.3 Å². The van der Waals surface area contributed by atoms with Crippen molar-refractivity contribution < 1.29 is 18.0 Å². The van der Waals surface area contributed by atoms with Gasteiger partial charge in [0.2, 0.25) is 15.9 Å². The summed E-state index contributed by atoms with van der Waals surface area (Å²) >= 11 is 0. The molecule has 0 spiro atoms. The topological polar surface area (TPSA) is 98.8 Å². The maximum atomic E-state index is 12.8. The van der Waals surface area contributed by atoms with Crippen molar-refractivity contribution in [2.24, 2.45) is 5.92 Å². The molecule has 0 aromatic heterocycles. The number of nitrogens with zero attached hydrogens (tertiary/aromatic N) is 2. The van der Waals surface area contributed by atoms with E-state index in [1.807, 2.05) is 35.2 Å². The van der Waals surface area contributed by atoms with Gasteiger partial charge in [-0.3, -0.25) is 4.79 Å². The molecular weight excluding hydrogens is 464 g/mol. The van der Waals surface area contributed by atoms with E-state index in [0.717, 1.165) is 31.5 Å². The second-order valence-electron chi connectivity index (χ2n) is 9.31. The molecule has 2 heterocycles. The molecule has 0 radical (unpaired) electrons. The Labute approximate surface area is 207 Å². The molecule has 3 amide bonds. The number of rotatable bonds is 6. The van der Waals surface area contributed by atoms with E-state index < -0.39 is 10.0 Å². The predicted octanol–water partition coefficient (Wildman–Crippen LogP) is 4.28. The van der Waals surface area contributed by atoms with E-state index in [2.05, 4.69) is 10.6 Å². The molecule has 0 saturated carbocycles. The Bertz CT molecular complexity index is 1090. The fraction of sp³-hybridized carbons (Fsp3) is 0.462.